The minimum Gasteiger partial charge on any atom is -0.472 e. The molecule has 5 rings (SSSR count). The Labute approximate surface area is 196 Å². The predicted octanol–water partition coefficient (Wildman–Crippen LogP) is 4.28. The first-order chi connectivity index (χ1) is 15.5. The van der Waals surface area contributed by atoms with Crippen molar-refractivity contribution in [3.8, 4) is 5.88 Å². The molecule has 0 N–H and O–H groups in total. The summed E-state index contributed by atoms with van der Waals surface area (Å²) in [6.07, 6.45) is 1.43. The average Bonchev–Trinajstić information content (AvgIpc) is 2.97. The van der Waals surface area contributed by atoms with Gasteiger partial charge in [0.15, 0.2) is 17.3 Å². The molecule has 2 bridgehead atoms. The quantitative estimate of drug-likeness (QED) is 0.448. The molecule has 33 heavy (non-hydrogen) atoms. The van der Waals surface area contributed by atoms with Crippen LogP contribution in [0.15, 0.2) is 0 Å². The molecule has 0 radical (unpaired) electrons. The van der Waals surface area contributed by atoms with Crippen LogP contribution in [0.25, 0.3) is 10.8 Å². The number of hydrogen-bond donors (Lipinski definition) is 0. The van der Waals surface area contributed by atoms with Crippen molar-refractivity contribution in [1.82, 2.24) is 14.9 Å². The van der Waals surface area contributed by atoms with E-state index in [9.17, 15) is 9.59 Å². The maximum absolute atomic E-state index is 15.2. The van der Waals surface area contributed by atoms with E-state index in [-0.39, 0.29) is 46.3 Å². The Balaban J connectivity index is 1.68. The first-order valence-electron chi connectivity index (χ1n) is 11.1. The Bertz CT molecular complexity index is 1180. The van der Waals surface area contributed by atoms with E-state index >= 15 is 4.39 Å². The van der Waals surface area contributed by atoms with E-state index in [0.717, 1.165) is 12.8 Å². The van der Waals surface area contributed by atoms with Gasteiger partial charge < -0.3 is 14.4 Å². The summed E-state index contributed by atoms with van der Waals surface area (Å²) in [5.41, 5.74) is -0.0892. The number of hydrogen-bond acceptors (Lipinski definition) is 7. The van der Waals surface area contributed by atoms with Crippen LogP contribution in [0, 0.1) is 12.7 Å². The number of pyridine rings is 2. The predicted molar refractivity (Wildman–Crippen MR) is 121 cm³/mol. The summed E-state index contributed by atoms with van der Waals surface area (Å²) in [4.78, 5) is 37.6. The van der Waals surface area contributed by atoms with E-state index in [0.29, 0.717) is 29.6 Å². The van der Waals surface area contributed by atoms with Crippen molar-refractivity contribution < 1.29 is 23.5 Å². The molecule has 3 aliphatic heterocycles. The normalized spacial score (nSPS) is 26.0. The van der Waals surface area contributed by atoms with E-state index in [1.54, 1.807) is 6.92 Å². The lowest BCUT2D eigenvalue weighted by molar-refractivity contribution is 0.000957. The Hall–Kier alpha value is -2.68. The molecule has 0 saturated carbocycles. The fourth-order valence-electron chi connectivity index (χ4n) is 5.49. The lowest BCUT2D eigenvalue weighted by Gasteiger charge is -2.48. The molecule has 4 atom stereocenters. The third kappa shape index (κ3) is 3.31. The van der Waals surface area contributed by atoms with E-state index in [1.807, 2.05) is 37.5 Å². The van der Waals surface area contributed by atoms with Crippen LogP contribution in [0.5, 0.6) is 5.88 Å². The molecular formula is C23H26ClFN4O4. The number of carbonyl (C=O) groups is 2. The molecule has 3 aliphatic rings. The number of ether oxygens (including phenoxy) is 2. The van der Waals surface area contributed by atoms with E-state index in [1.165, 1.54) is 0 Å². The standard InChI is InChI=1S/C23H26ClFN4O4/c1-10-13(9-30)26-20-16-15(10)17(25)19(24)27-21(16)32-11(2)18-14-7-6-12(8-28(18)20)29(14)22(31)33-23(3,4)5/h9,11-12,14,18H,6-8H2,1-5H3/t11-,12+,14-,18+/m0/s1. The molecule has 2 aromatic rings. The number of aldehydes is 1. The monoisotopic (exact) mass is 476 g/mol. The zero-order valence-electron chi connectivity index (χ0n) is 19.2. The van der Waals surface area contributed by atoms with Crippen LogP contribution < -0.4 is 9.64 Å². The number of halogens is 2. The second kappa shape index (κ2) is 7.41. The first kappa shape index (κ1) is 22.1. The van der Waals surface area contributed by atoms with E-state index < -0.39 is 17.5 Å². The van der Waals surface area contributed by atoms with Gasteiger partial charge in [-0.1, -0.05) is 11.6 Å². The van der Waals surface area contributed by atoms with Crippen molar-refractivity contribution in [1.29, 1.82) is 0 Å². The van der Waals surface area contributed by atoms with Crippen molar-refractivity contribution in [2.75, 3.05) is 11.4 Å². The number of piperazine rings is 1. The molecule has 0 aliphatic carbocycles. The molecule has 2 aromatic heterocycles. The van der Waals surface area contributed by atoms with Gasteiger partial charge in [0.1, 0.15) is 23.2 Å². The molecule has 5 heterocycles. The Morgan fingerprint density at radius 1 is 1.27 bits per heavy atom. The van der Waals surface area contributed by atoms with Crippen LogP contribution in [0.3, 0.4) is 0 Å². The lowest BCUT2D eigenvalue weighted by atomic mass is 9.97. The Kier molecular flexibility index (Phi) is 4.97. The SMILES string of the molecule is Cc1c(C=O)nc2c3c(nc(Cl)c(F)c13)O[C@@H](C)[C@@H]1[C@@H]3CC[C@H](CN21)N3C(=O)OC(C)(C)C. The number of anilines is 1. The van der Waals surface area contributed by atoms with Crippen LogP contribution in [-0.4, -0.2) is 63.6 Å². The molecule has 10 heteroatoms. The average molecular weight is 477 g/mol. The third-order valence-electron chi connectivity index (χ3n) is 6.75. The molecule has 0 unspecified atom stereocenters. The largest absolute Gasteiger partial charge is 0.472 e. The number of aryl methyl sites for hydroxylation is 1. The van der Waals surface area contributed by atoms with Gasteiger partial charge in [-0.05, 0) is 53.0 Å². The highest BCUT2D eigenvalue weighted by atomic mass is 35.5. The van der Waals surface area contributed by atoms with Crippen molar-refractivity contribution in [2.45, 2.75) is 77.3 Å². The number of carbonyl (C=O) groups excluding carboxylic acids is 2. The van der Waals surface area contributed by atoms with Crippen molar-refractivity contribution in [3.63, 3.8) is 0 Å². The number of fused-ring (bicyclic) bond motifs is 5. The van der Waals surface area contributed by atoms with Gasteiger partial charge in [-0.25, -0.2) is 14.2 Å². The minimum atomic E-state index is -0.704. The minimum absolute atomic E-state index is 0.0993. The van der Waals surface area contributed by atoms with Gasteiger partial charge in [0.05, 0.1) is 23.5 Å². The summed E-state index contributed by atoms with van der Waals surface area (Å²) < 4.78 is 27.1. The van der Waals surface area contributed by atoms with Crippen LogP contribution in [0.1, 0.15) is 56.6 Å². The van der Waals surface area contributed by atoms with Crippen molar-refractivity contribution in [3.05, 3.63) is 22.2 Å². The van der Waals surface area contributed by atoms with E-state index in [4.69, 9.17) is 21.1 Å². The summed E-state index contributed by atoms with van der Waals surface area (Å²) in [5.74, 6) is -0.0865. The molecule has 8 nitrogen and oxygen atoms in total. The fraction of sp³-hybridized carbons (Fsp3) is 0.565. The van der Waals surface area contributed by atoms with Gasteiger partial charge >= 0.3 is 6.09 Å². The highest BCUT2D eigenvalue weighted by Gasteiger charge is 2.53. The summed E-state index contributed by atoms with van der Waals surface area (Å²) in [5, 5.41) is 0.268. The third-order valence-corrected chi connectivity index (χ3v) is 7.00. The smallest absolute Gasteiger partial charge is 0.410 e. The fourth-order valence-corrected chi connectivity index (χ4v) is 5.66. The van der Waals surface area contributed by atoms with E-state index in [2.05, 4.69) is 9.97 Å². The molecular weight excluding hydrogens is 451 g/mol. The number of rotatable bonds is 1. The number of nitrogens with zero attached hydrogens (tertiary/aromatic N) is 4. The Morgan fingerprint density at radius 2 is 2.00 bits per heavy atom. The van der Waals surface area contributed by atoms with Gasteiger partial charge in [-0.3, -0.25) is 9.69 Å². The maximum atomic E-state index is 15.2. The van der Waals surface area contributed by atoms with Crippen LogP contribution in [0.2, 0.25) is 5.15 Å². The highest BCUT2D eigenvalue weighted by Crippen LogP contribution is 2.46. The molecule has 1 amide bonds. The summed E-state index contributed by atoms with van der Waals surface area (Å²) >= 11 is 6.10. The number of aromatic nitrogens is 2. The number of amides is 1. The van der Waals surface area contributed by atoms with Crippen molar-refractivity contribution in [2.24, 2.45) is 0 Å². The second-order valence-corrected chi connectivity index (χ2v) is 10.3. The zero-order chi connectivity index (χ0) is 23.8. The summed E-state index contributed by atoms with van der Waals surface area (Å²) in [6.45, 7) is 9.52. The Morgan fingerprint density at radius 3 is 2.67 bits per heavy atom. The molecule has 0 spiro atoms. The van der Waals surface area contributed by atoms with Crippen molar-refractivity contribution >= 4 is 40.6 Å². The lowest BCUT2D eigenvalue weighted by Crippen LogP contribution is -2.65. The van der Waals surface area contributed by atoms with Gasteiger partial charge in [0, 0.05) is 11.9 Å². The first-order valence-corrected chi connectivity index (χ1v) is 11.5. The summed E-state index contributed by atoms with van der Waals surface area (Å²) in [6, 6.07) is -0.580. The second-order valence-electron chi connectivity index (χ2n) is 9.99. The van der Waals surface area contributed by atoms with Gasteiger partial charge in [0.2, 0.25) is 5.88 Å². The topological polar surface area (TPSA) is 84.9 Å². The molecule has 2 fully saturated rings. The molecule has 2 saturated heterocycles. The maximum Gasteiger partial charge on any atom is 0.410 e. The van der Waals surface area contributed by atoms with Crippen LogP contribution in [-0.2, 0) is 4.74 Å². The van der Waals surface area contributed by atoms with Gasteiger partial charge in [-0.15, -0.1) is 0 Å². The molecule has 0 aromatic carbocycles. The summed E-state index contributed by atoms with van der Waals surface area (Å²) in [7, 11) is 0. The van der Waals surface area contributed by atoms with Crippen LogP contribution in [0.4, 0.5) is 15.0 Å². The van der Waals surface area contributed by atoms with Crippen LogP contribution >= 0.6 is 11.6 Å². The molecule has 176 valence electrons. The highest BCUT2D eigenvalue weighted by molar-refractivity contribution is 6.30. The van der Waals surface area contributed by atoms with Gasteiger partial charge in [0.25, 0.3) is 0 Å². The zero-order valence-corrected chi connectivity index (χ0v) is 19.9. The van der Waals surface area contributed by atoms with Gasteiger partial charge in [-0.2, -0.15) is 4.98 Å².